The molecule has 2 heterocycles. The van der Waals surface area contributed by atoms with Gasteiger partial charge < -0.3 is 19.1 Å². The number of benzene rings is 1. The van der Waals surface area contributed by atoms with E-state index in [9.17, 15) is 9.59 Å². The Kier molecular flexibility index (Phi) is 4.55. The first-order valence-electron chi connectivity index (χ1n) is 7.94. The van der Waals surface area contributed by atoms with E-state index < -0.39 is 0 Å². The van der Waals surface area contributed by atoms with Crippen molar-refractivity contribution in [1.29, 1.82) is 0 Å². The SMILES string of the molecule is COc1ccc(C(=O)N2CCN(C(=O)c3cccn3C)CC2)cc1. The van der Waals surface area contributed by atoms with Crippen molar-refractivity contribution in [1.82, 2.24) is 14.4 Å². The molecule has 0 N–H and O–H groups in total. The fourth-order valence-electron chi connectivity index (χ4n) is 2.87. The summed E-state index contributed by atoms with van der Waals surface area (Å²) in [5, 5.41) is 0. The number of rotatable bonds is 3. The van der Waals surface area contributed by atoms with Gasteiger partial charge in [0.25, 0.3) is 11.8 Å². The van der Waals surface area contributed by atoms with Crippen LogP contribution in [0.4, 0.5) is 0 Å². The molecule has 0 aliphatic carbocycles. The third kappa shape index (κ3) is 3.13. The Balaban J connectivity index is 1.61. The van der Waals surface area contributed by atoms with Crippen LogP contribution in [0.2, 0.25) is 0 Å². The Morgan fingerprint density at radius 1 is 0.917 bits per heavy atom. The summed E-state index contributed by atoms with van der Waals surface area (Å²) in [6.45, 7) is 2.18. The van der Waals surface area contributed by atoms with Crippen molar-refractivity contribution in [2.24, 2.45) is 7.05 Å². The molecule has 0 bridgehead atoms. The Morgan fingerprint density at radius 2 is 1.50 bits per heavy atom. The Hall–Kier alpha value is -2.76. The summed E-state index contributed by atoms with van der Waals surface area (Å²) < 4.78 is 6.93. The molecule has 2 amide bonds. The fraction of sp³-hybridized carbons (Fsp3) is 0.333. The van der Waals surface area contributed by atoms with E-state index in [0.29, 0.717) is 37.4 Å². The highest BCUT2D eigenvalue weighted by atomic mass is 16.5. The lowest BCUT2D eigenvalue weighted by Crippen LogP contribution is -2.50. The largest absolute Gasteiger partial charge is 0.497 e. The number of piperazine rings is 1. The summed E-state index contributed by atoms with van der Waals surface area (Å²) in [5.74, 6) is 0.729. The smallest absolute Gasteiger partial charge is 0.270 e. The molecule has 0 atom stereocenters. The van der Waals surface area contributed by atoms with Crippen LogP contribution in [0.3, 0.4) is 0 Å². The van der Waals surface area contributed by atoms with E-state index in [0.717, 1.165) is 5.75 Å². The summed E-state index contributed by atoms with van der Waals surface area (Å²) in [6, 6.07) is 10.8. The first-order chi connectivity index (χ1) is 11.6. The van der Waals surface area contributed by atoms with Crippen molar-refractivity contribution in [3.8, 4) is 5.75 Å². The van der Waals surface area contributed by atoms with Crippen molar-refractivity contribution in [2.45, 2.75) is 0 Å². The average Bonchev–Trinajstić information content (AvgIpc) is 3.06. The van der Waals surface area contributed by atoms with E-state index in [1.807, 2.05) is 29.9 Å². The number of carbonyl (C=O) groups is 2. The first kappa shape index (κ1) is 16.1. The van der Waals surface area contributed by atoms with Crippen LogP contribution in [-0.4, -0.2) is 59.5 Å². The second-order valence-electron chi connectivity index (χ2n) is 5.82. The minimum Gasteiger partial charge on any atom is -0.497 e. The molecular formula is C18H21N3O3. The Bertz CT molecular complexity index is 728. The summed E-state index contributed by atoms with van der Waals surface area (Å²) in [6.07, 6.45) is 1.86. The van der Waals surface area contributed by atoms with Gasteiger partial charge in [0.05, 0.1) is 7.11 Å². The van der Waals surface area contributed by atoms with Crippen LogP contribution < -0.4 is 4.74 Å². The number of methoxy groups -OCH3 is 1. The van der Waals surface area contributed by atoms with Gasteiger partial charge in [0, 0.05) is 45.0 Å². The van der Waals surface area contributed by atoms with E-state index in [1.54, 1.807) is 41.2 Å². The predicted molar refractivity (Wildman–Crippen MR) is 90.2 cm³/mol. The number of nitrogens with zero attached hydrogens (tertiary/aromatic N) is 3. The lowest BCUT2D eigenvalue weighted by molar-refractivity contribution is 0.0530. The number of aromatic nitrogens is 1. The lowest BCUT2D eigenvalue weighted by atomic mass is 10.1. The molecule has 1 saturated heterocycles. The van der Waals surface area contributed by atoms with E-state index >= 15 is 0 Å². The molecule has 3 rings (SSSR count). The molecular weight excluding hydrogens is 306 g/mol. The number of carbonyl (C=O) groups excluding carboxylic acids is 2. The molecule has 2 aromatic rings. The minimum atomic E-state index is -0.0105. The van der Waals surface area contributed by atoms with Crippen LogP contribution in [0.15, 0.2) is 42.6 Å². The summed E-state index contributed by atoms with van der Waals surface area (Å²) in [7, 11) is 3.45. The highest BCUT2D eigenvalue weighted by molar-refractivity contribution is 5.95. The second-order valence-corrected chi connectivity index (χ2v) is 5.82. The molecule has 6 nitrogen and oxygen atoms in total. The summed E-state index contributed by atoms with van der Waals surface area (Å²) >= 11 is 0. The van der Waals surface area contributed by atoms with Crippen LogP contribution >= 0.6 is 0 Å². The predicted octanol–water partition coefficient (Wildman–Crippen LogP) is 1.63. The van der Waals surface area contributed by atoms with Crippen molar-refractivity contribution in [3.05, 3.63) is 53.9 Å². The van der Waals surface area contributed by atoms with Crippen molar-refractivity contribution < 1.29 is 14.3 Å². The highest BCUT2D eigenvalue weighted by Gasteiger charge is 2.26. The maximum absolute atomic E-state index is 12.5. The maximum atomic E-state index is 12.5. The quantitative estimate of drug-likeness (QED) is 0.861. The van der Waals surface area contributed by atoms with Gasteiger partial charge in [-0.15, -0.1) is 0 Å². The van der Waals surface area contributed by atoms with Gasteiger partial charge in [-0.25, -0.2) is 0 Å². The molecule has 24 heavy (non-hydrogen) atoms. The summed E-state index contributed by atoms with van der Waals surface area (Å²) in [4.78, 5) is 28.6. The molecule has 1 fully saturated rings. The Morgan fingerprint density at radius 3 is 2.00 bits per heavy atom. The number of amides is 2. The van der Waals surface area contributed by atoms with Gasteiger partial charge in [0.1, 0.15) is 11.4 Å². The number of aryl methyl sites for hydroxylation is 1. The average molecular weight is 327 g/mol. The van der Waals surface area contributed by atoms with Gasteiger partial charge in [0.15, 0.2) is 0 Å². The standard InChI is InChI=1S/C18H21N3O3/c1-19-9-3-4-16(19)18(23)21-12-10-20(11-13-21)17(22)14-5-7-15(24-2)8-6-14/h3-9H,10-13H2,1-2H3. The normalized spacial score (nSPS) is 14.6. The molecule has 0 spiro atoms. The highest BCUT2D eigenvalue weighted by Crippen LogP contribution is 2.15. The van der Waals surface area contributed by atoms with Gasteiger partial charge in [-0.3, -0.25) is 9.59 Å². The number of hydrogen-bond donors (Lipinski definition) is 0. The van der Waals surface area contributed by atoms with Gasteiger partial charge >= 0.3 is 0 Å². The van der Waals surface area contributed by atoms with E-state index in [-0.39, 0.29) is 11.8 Å². The van der Waals surface area contributed by atoms with Crippen LogP contribution in [0.25, 0.3) is 0 Å². The molecule has 1 aliphatic rings. The summed E-state index contributed by atoms with van der Waals surface area (Å²) in [5.41, 5.74) is 1.31. The zero-order chi connectivity index (χ0) is 17.1. The molecule has 1 aromatic carbocycles. The maximum Gasteiger partial charge on any atom is 0.270 e. The molecule has 0 saturated carbocycles. The molecule has 0 unspecified atom stereocenters. The van der Waals surface area contributed by atoms with Crippen molar-refractivity contribution >= 4 is 11.8 Å². The lowest BCUT2D eigenvalue weighted by Gasteiger charge is -2.34. The van der Waals surface area contributed by atoms with Gasteiger partial charge in [0.2, 0.25) is 0 Å². The van der Waals surface area contributed by atoms with Gasteiger partial charge in [-0.05, 0) is 36.4 Å². The van der Waals surface area contributed by atoms with Crippen LogP contribution in [0, 0.1) is 0 Å². The topological polar surface area (TPSA) is 54.8 Å². The molecule has 1 aliphatic heterocycles. The third-order valence-electron chi connectivity index (χ3n) is 4.35. The van der Waals surface area contributed by atoms with Crippen LogP contribution in [-0.2, 0) is 7.05 Å². The molecule has 1 aromatic heterocycles. The number of hydrogen-bond acceptors (Lipinski definition) is 3. The third-order valence-corrected chi connectivity index (χ3v) is 4.35. The van der Waals surface area contributed by atoms with Gasteiger partial charge in [-0.2, -0.15) is 0 Å². The molecule has 6 heteroatoms. The molecule has 0 radical (unpaired) electrons. The van der Waals surface area contributed by atoms with Crippen LogP contribution in [0.5, 0.6) is 5.75 Å². The van der Waals surface area contributed by atoms with E-state index in [1.165, 1.54) is 0 Å². The zero-order valence-electron chi connectivity index (χ0n) is 13.9. The van der Waals surface area contributed by atoms with E-state index in [4.69, 9.17) is 4.74 Å². The van der Waals surface area contributed by atoms with Gasteiger partial charge in [-0.1, -0.05) is 0 Å². The second kappa shape index (κ2) is 6.78. The first-order valence-corrected chi connectivity index (χ1v) is 7.94. The van der Waals surface area contributed by atoms with E-state index in [2.05, 4.69) is 0 Å². The minimum absolute atomic E-state index is 0.0105. The Labute approximate surface area is 141 Å². The van der Waals surface area contributed by atoms with Crippen molar-refractivity contribution in [2.75, 3.05) is 33.3 Å². The number of ether oxygens (including phenoxy) is 1. The monoisotopic (exact) mass is 327 g/mol. The molecule has 126 valence electrons. The fourth-order valence-corrected chi connectivity index (χ4v) is 2.87. The van der Waals surface area contributed by atoms with Crippen LogP contribution in [0.1, 0.15) is 20.8 Å². The zero-order valence-corrected chi connectivity index (χ0v) is 13.9. The van der Waals surface area contributed by atoms with Crippen molar-refractivity contribution in [3.63, 3.8) is 0 Å².